The summed E-state index contributed by atoms with van der Waals surface area (Å²) in [5.41, 5.74) is 0.628. The Hall–Kier alpha value is -1.66. The van der Waals surface area contributed by atoms with Gasteiger partial charge >= 0.3 is 0 Å². The predicted molar refractivity (Wildman–Crippen MR) is 51.6 cm³/mol. The van der Waals surface area contributed by atoms with Crippen LogP contribution < -0.4 is 0 Å². The van der Waals surface area contributed by atoms with E-state index in [0.29, 0.717) is 6.29 Å². The van der Waals surface area contributed by atoms with Crippen LogP contribution in [-0.2, 0) is 0 Å². The van der Waals surface area contributed by atoms with E-state index in [1.165, 1.54) is 19.1 Å². The van der Waals surface area contributed by atoms with E-state index in [2.05, 4.69) is 0 Å². The Bertz CT molecular complexity index is 446. The molecule has 14 heavy (non-hydrogen) atoms. The molecule has 0 aromatic heterocycles. The van der Waals surface area contributed by atoms with Gasteiger partial charge in [-0.15, -0.1) is 0 Å². The van der Waals surface area contributed by atoms with Gasteiger partial charge < -0.3 is 0 Å². The van der Waals surface area contributed by atoms with Gasteiger partial charge in [-0.2, -0.15) is 5.26 Å². The Morgan fingerprint density at radius 1 is 1.57 bits per heavy atom. The summed E-state index contributed by atoms with van der Waals surface area (Å²) in [5.74, 6) is -0.263. The first-order chi connectivity index (χ1) is 6.60. The summed E-state index contributed by atoms with van der Waals surface area (Å²) in [6, 6.07) is 4.50. The van der Waals surface area contributed by atoms with Gasteiger partial charge in [0.2, 0.25) is 0 Å². The van der Waals surface area contributed by atoms with Crippen LogP contribution in [-0.4, -0.2) is 12.1 Å². The molecular weight excluding hydrogens is 202 g/mol. The molecule has 70 valence electrons. The highest BCUT2D eigenvalue weighted by atomic mass is 35.5. The lowest BCUT2D eigenvalue weighted by Gasteiger charge is -2.02. The summed E-state index contributed by atoms with van der Waals surface area (Å²) in [4.78, 5) is 21.6. The van der Waals surface area contributed by atoms with Crippen LogP contribution in [0.4, 0.5) is 0 Å². The van der Waals surface area contributed by atoms with Crippen LogP contribution in [0.1, 0.15) is 33.2 Å². The van der Waals surface area contributed by atoms with Gasteiger partial charge in [-0.05, 0) is 19.1 Å². The molecule has 0 N–H and O–H groups in total. The zero-order valence-corrected chi connectivity index (χ0v) is 8.13. The highest BCUT2D eigenvalue weighted by Crippen LogP contribution is 2.20. The lowest BCUT2D eigenvalue weighted by Crippen LogP contribution is -1.99. The third-order valence-corrected chi connectivity index (χ3v) is 2.09. The largest absolute Gasteiger partial charge is 0.298 e. The van der Waals surface area contributed by atoms with Crippen molar-refractivity contribution in [3.05, 3.63) is 33.8 Å². The first kappa shape index (κ1) is 10.4. The third kappa shape index (κ3) is 1.81. The molecule has 0 aliphatic rings. The van der Waals surface area contributed by atoms with Crippen molar-refractivity contribution in [2.24, 2.45) is 0 Å². The molecule has 0 aliphatic heterocycles. The van der Waals surface area contributed by atoms with E-state index >= 15 is 0 Å². The maximum atomic E-state index is 11.1. The number of carbonyl (C=O) groups is 2. The van der Waals surface area contributed by atoms with Crippen molar-refractivity contribution in [1.29, 1.82) is 5.26 Å². The molecule has 0 radical (unpaired) electrons. The molecule has 4 heteroatoms. The third-order valence-electron chi connectivity index (χ3n) is 1.76. The molecule has 0 saturated carbocycles. The summed E-state index contributed by atoms with van der Waals surface area (Å²) in [7, 11) is 0. The molecule has 0 heterocycles. The summed E-state index contributed by atoms with van der Waals surface area (Å²) in [6.07, 6.45) is 0.552. The average molecular weight is 208 g/mol. The minimum Gasteiger partial charge on any atom is -0.298 e. The van der Waals surface area contributed by atoms with Crippen LogP contribution in [0.5, 0.6) is 0 Å². The van der Waals surface area contributed by atoms with Crippen LogP contribution in [0.15, 0.2) is 12.1 Å². The molecule has 0 bridgehead atoms. The number of Topliss-reactive ketones (excluding diaryl/α,β-unsaturated/α-hetero) is 1. The van der Waals surface area contributed by atoms with Crippen LogP contribution >= 0.6 is 11.6 Å². The molecule has 0 spiro atoms. The minimum atomic E-state index is -0.263. The van der Waals surface area contributed by atoms with Crippen molar-refractivity contribution < 1.29 is 9.59 Å². The van der Waals surface area contributed by atoms with Crippen LogP contribution in [0.25, 0.3) is 0 Å². The Balaban J connectivity index is 3.49. The first-order valence-electron chi connectivity index (χ1n) is 3.80. The number of aldehydes is 1. The molecule has 1 aromatic carbocycles. The fourth-order valence-electron chi connectivity index (χ4n) is 1.06. The predicted octanol–water partition coefficient (Wildman–Crippen LogP) is 2.23. The van der Waals surface area contributed by atoms with Gasteiger partial charge in [0.25, 0.3) is 0 Å². The summed E-state index contributed by atoms with van der Waals surface area (Å²) in [5, 5.41) is 8.89. The van der Waals surface area contributed by atoms with Crippen LogP contribution in [0.3, 0.4) is 0 Å². The Morgan fingerprint density at radius 2 is 2.21 bits per heavy atom. The van der Waals surface area contributed by atoms with Crippen molar-refractivity contribution >= 4 is 23.7 Å². The van der Waals surface area contributed by atoms with Gasteiger partial charge in [-0.25, -0.2) is 0 Å². The maximum Gasteiger partial charge on any atom is 0.161 e. The number of rotatable bonds is 2. The second-order valence-corrected chi connectivity index (χ2v) is 3.11. The van der Waals surface area contributed by atoms with Crippen molar-refractivity contribution in [2.75, 3.05) is 0 Å². The first-order valence-corrected chi connectivity index (χ1v) is 4.17. The number of halogens is 1. The lowest BCUT2D eigenvalue weighted by molar-refractivity contribution is 0.101. The molecule has 0 unspecified atom stereocenters. The Morgan fingerprint density at radius 3 is 2.64 bits per heavy atom. The van der Waals surface area contributed by atoms with Crippen LogP contribution in [0, 0.1) is 11.3 Å². The number of ketones is 1. The molecule has 1 aromatic rings. The van der Waals surface area contributed by atoms with Crippen molar-refractivity contribution in [3.8, 4) is 6.07 Å². The molecule has 0 saturated heterocycles. The van der Waals surface area contributed by atoms with E-state index < -0.39 is 0 Å². The second-order valence-electron chi connectivity index (χ2n) is 2.71. The topological polar surface area (TPSA) is 57.9 Å². The molecule has 1 rings (SSSR count). The zero-order chi connectivity index (χ0) is 10.7. The SMILES string of the molecule is CC(=O)c1cc(C=O)c(Cl)cc1C#N. The van der Waals surface area contributed by atoms with Crippen molar-refractivity contribution in [1.82, 2.24) is 0 Å². The highest BCUT2D eigenvalue weighted by Gasteiger charge is 2.11. The summed E-state index contributed by atoms with van der Waals surface area (Å²) < 4.78 is 0. The van der Waals surface area contributed by atoms with Gasteiger partial charge in [-0.3, -0.25) is 9.59 Å². The number of nitrogens with zero attached hydrogens (tertiary/aromatic N) is 1. The Labute approximate surface area is 85.9 Å². The van der Waals surface area contributed by atoms with E-state index in [0.717, 1.165) is 0 Å². The number of nitriles is 1. The van der Waals surface area contributed by atoms with Crippen molar-refractivity contribution in [2.45, 2.75) is 6.92 Å². The van der Waals surface area contributed by atoms with Crippen LogP contribution in [0.2, 0.25) is 5.02 Å². The number of benzene rings is 1. The lowest BCUT2D eigenvalue weighted by atomic mass is 10.0. The number of hydrogen-bond donors (Lipinski definition) is 0. The molecule has 3 nitrogen and oxygen atoms in total. The number of carbonyl (C=O) groups excluding carboxylic acids is 2. The summed E-state index contributed by atoms with van der Waals surface area (Å²) in [6.45, 7) is 1.33. The molecule has 0 aliphatic carbocycles. The number of hydrogen-bond acceptors (Lipinski definition) is 3. The van der Waals surface area contributed by atoms with Gasteiger partial charge in [0.1, 0.15) is 0 Å². The van der Waals surface area contributed by atoms with Gasteiger partial charge in [-0.1, -0.05) is 11.6 Å². The quantitative estimate of drug-likeness (QED) is 0.552. The average Bonchev–Trinajstić information content (AvgIpc) is 2.16. The zero-order valence-electron chi connectivity index (χ0n) is 7.37. The van der Waals surface area contributed by atoms with Gasteiger partial charge in [0.15, 0.2) is 12.1 Å². The molecule has 0 atom stereocenters. The fourth-order valence-corrected chi connectivity index (χ4v) is 1.27. The normalized spacial score (nSPS) is 9.21. The van der Waals surface area contributed by atoms with E-state index in [1.54, 1.807) is 0 Å². The van der Waals surface area contributed by atoms with Crippen molar-refractivity contribution in [3.63, 3.8) is 0 Å². The smallest absolute Gasteiger partial charge is 0.161 e. The monoisotopic (exact) mass is 207 g/mol. The fraction of sp³-hybridized carbons (Fsp3) is 0.100. The highest BCUT2D eigenvalue weighted by molar-refractivity contribution is 6.33. The molecule has 0 amide bonds. The summed E-state index contributed by atoms with van der Waals surface area (Å²) >= 11 is 5.69. The molecular formula is C10H6ClNO2. The Kier molecular flexibility index (Phi) is 3.00. The van der Waals surface area contributed by atoms with Gasteiger partial charge in [0, 0.05) is 11.1 Å². The van der Waals surface area contributed by atoms with E-state index in [9.17, 15) is 9.59 Å². The van der Waals surface area contributed by atoms with E-state index in [1.807, 2.05) is 6.07 Å². The van der Waals surface area contributed by atoms with Gasteiger partial charge in [0.05, 0.1) is 16.7 Å². The van der Waals surface area contributed by atoms with E-state index in [4.69, 9.17) is 16.9 Å². The van der Waals surface area contributed by atoms with E-state index in [-0.39, 0.29) is 27.5 Å². The molecule has 0 fully saturated rings. The minimum absolute atomic E-state index is 0.182. The maximum absolute atomic E-state index is 11.1. The standard InChI is InChI=1S/C10H6ClNO2/c1-6(14)9-2-8(5-13)10(11)3-7(9)4-12/h2-3,5H,1H3. The second kappa shape index (κ2) is 4.03.